The zero-order chi connectivity index (χ0) is 13.8. The summed E-state index contributed by atoms with van der Waals surface area (Å²) in [7, 11) is 0. The molecule has 0 radical (unpaired) electrons. The molecule has 0 fully saturated rings. The van der Waals surface area contributed by atoms with E-state index in [2.05, 4.69) is 15.6 Å². The van der Waals surface area contributed by atoms with E-state index >= 15 is 0 Å². The number of carbonyl (C=O) groups is 2. The average molecular weight is 259 g/mol. The zero-order valence-electron chi connectivity index (χ0n) is 10.6. The predicted molar refractivity (Wildman–Crippen MR) is 70.3 cm³/mol. The summed E-state index contributed by atoms with van der Waals surface area (Å²) in [4.78, 5) is 26.8. The molecule has 0 aliphatic heterocycles. The van der Waals surface area contributed by atoms with Gasteiger partial charge in [-0.1, -0.05) is 12.1 Å². The number of aryl methyl sites for hydroxylation is 1. The van der Waals surface area contributed by atoms with Gasteiger partial charge in [0.15, 0.2) is 5.78 Å². The maximum atomic E-state index is 11.7. The number of nitrogens with one attached hydrogen (secondary N) is 2. The highest BCUT2D eigenvalue weighted by molar-refractivity contribution is 6.00. The van der Waals surface area contributed by atoms with E-state index in [1.807, 2.05) is 0 Å². The van der Waals surface area contributed by atoms with Crippen molar-refractivity contribution in [2.24, 2.45) is 0 Å². The molecule has 0 spiro atoms. The molecule has 0 bridgehead atoms. The van der Waals surface area contributed by atoms with Crippen LogP contribution < -0.4 is 10.6 Å². The number of amides is 2. The highest BCUT2D eigenvalue weighted by Crippen LogP contribution is 2.12. The topological polar surface area (TPSA) is 84.2 Å². The van der Waals surface area contributed by atoms with Crippen molar-refractivity contribution in [2.45, 2.75) is 13.8 Å². The van der Waals surface area contributed by atoms with E-state index in [1.54, 1.807) is 31.2 Å². The Kier molecular flexibility index (Phi) is 3.61. The van der Waals surface area contributed by atoms with Crippen molar-refractivity contribution in [2.75, 3.05) is 10.6 Å². The van der Waals surface area contributed by atoms with Crippen molar-refractivity contribution in [1.82, 2.24) is 4.98 Å². The Morgan fingerprint density at radius 3 is 2.68 bits per heavy atom. The monoisotopic (exact) mass is 259 g/mol. The Hall–Kier alpha value is -2.63. The lowest BCUT2D eigenvalue weighted by molar-refractivity contribution is 0.101. The van der Waals surface area contributed by atoms with Gasteiger partial charge in [-0.2, -0.15) is 4.98 Å². The fourth-order valence-corrected chi connectivity index (χ4v) is 1.49. The van der Waals surface area contributed by atoms with Gasteiger partial charge in [0.1, 0.15) is 6.26 Å². The van der Waals surface area contributed by atoms with Gasteiger partial charge in [-0.15, -0.1) is 0 Å². The third-order valence-electron chi connectivity index (χ3n) is 2.37. The van der Waals surface area contributed by atoms with Gasteiger partial charge in [-0.25, -0.2) is 4.79 Å². The number of aromatic nitrogens is 1. The number of hydrogen-bond donors (Lipinski definition) is 2. The summed E-state index contributed by atoms with van der Waals surface area (Å²) in [6.45, 7) is 3.22. The summed E-state index contributed by atoms with van der Waals surface area (Å²) < 4.78 is 5.00. The second-order valence-corrected chi connectivity index (χ2v) is 4.01. The average Bonchev–Trinajstić information content (AvgIpc) is 2.74. The number of urea groups is 1. The lowest BCUT2D eigenvalue weighted by atomic mass is 10.1. The first-order chi connectivity index (χ1) is 9.04. The molecule has 6 heteroatoms. The summed E-state index contributed by atoms with van der Waals surface area (Å²) in [5.74, 6) is -0.0626. The normalized spacial score (nSPS) is 10.0. The Morgan fingerprint density at radius 1 is 1.26 bits per heavy atom. The van der Waals surface area contributed by atoms with Crippen molar-refractivity contribution in [3.8, 4) is 0 Å². The molecule has 0 aliphatic carbocycles. The second-order valence-electron chi connectivity index (χ2n) is 4.01. The minimum atomic E-state index is -0.484. The van der Waals surface area contributed by atoms with Gasteiger partial charge in [0.25, 0.3) is 0 Å². The van der Waals surface area contributed by atoms with Gasteiger partial charge < -0.3 is 9.73 Å². The molecule has 1 heterocycles. The number of carbonyl (C=O) groups excluding carboxylic acids is 2. The van der Waals surface area contributed by atoms with Gasteiger partial charge in [-0.05, 0) is 26.0 Å². The van der Waals surface area contributed by atoms with E-state index < -0.39 is 6.03 Å². The maximum Gasteiger partial charge on any atom is 0.327 e. The standard InChI is InChI=1S/C13H13N3O3/c1-8-7-19-13(14-8)16-12(18)15-11-5-3-4-10(6-11)9(2)17/h3-7H,1-2H3,(H2,14,15,16,18). The predicted octanol–water partition coefficient (Wildman–Crippen LogP) is 2.83. The van der Waals surface area contributed by atoms with Crippen LogP contribution in [0.2, 0.25) is 0 Å². The molecule has 2 rings (SSSR count). The molecule has 0 atom stereocenters. The first-order valence-corrected chi connectivity index (χ1v) is 5.66. The van der Waals surface area contributed by atoms with Gasteiger partial charge in [0.05, 0.1) is 5.69 Å². The molecule has 1 aromatic heterocycles. The Bertz CT molecular complexity index is 619. The third-order valence-corrected chi connectivity index (χ3v) is 2.37. The lowest BCUT2D eigenvalue weighted by Crippen LogP contribution is -2.19. The molecule has 2 N–H and O–H groups in total. The summed E-state index contributed by atoms with van der Waals surface area (Å²) in [6.07, 6.45) is 1.44. The van der Waals surface area contributed by atoms with Crippen LogP contribution >= 0.6 is 0 Å². The molecular weight excluding hydrogens is 246 g/mol. The van der Waals surface area contributed by atoms with Crippen molar-refractivity contribution < 1.29 is 14.0 Å². The van der Waals surface area contributed by atoms with Crippen molar-refractivity contribution in [1.29, 1.82) is 0 Å². The van der Waals surface area contributed by atoms with E-state index in [0.29, 0.717) is 16.9 Å². The molecule has 19 heavy (non-hydrogen) atoms. The van der Waals surface area contributed by atoms with E-state index in [1.165, 1.54) is 13.2 Å². The van der Waals surface area contributed by atoms with Crippen LogP contribution in [0.15, 0.2) is 34.9 Å². The third kappa shape index (κ3) is 3.41. The number of benzene rings is 1. The first kappa shape index (κ1) is 12.8. The first-order valence-electron chi connectivity index (χ1n) is 5.66. The molecule has 6 nitrogen and oxygen atoms in total. The second kappa shape index (κ2) is 5.34. The highest BCUT2D eigenvalue weighted by atomic mass is 16.4. The van der Waals surface area contributed by atoms with Crippen molar-refractivity contribution in [3.63, 3.8) is 0 Å². The summed E-state index contributed by atoms with van der Waals surface area (Å²) in [5.41, 5.74) is 1.73. The SMILES string of the molecule is CC(=O)c1cccc(NC(=O)Nc2nc(C)co2)c1. The quantitative estimate of drug-likeness (QED) is 0.830. The Labute approximate surface area is 109 Å². The number of nitrogens with zero attached hydrogens (tertiary/aromatic N) is 1. The number of hydrogen-bond acceptors (Lipinski definition) is 4. The van der Waals surface area contributed by atoms with Crippen molar-refractivity contribution >= 4 is 23.5 Å². The lowest BCUT2D eigenvalue weighted by Gasteiger charge is -2.05. The molecule has 2 amide bonds. The van der Waals surface area contributed by atoms with Crippen LogP contribution in [0.4, 0.5) is 16.5 Å². The molecule has 0 saturated heterocycles. The van der Waals surface area contributed by atoms with Gasteiger partial charge in [0, 0.05) is 11.3 Å². The Morgan fingerprint density at radius 2 is 2.05 bits per heavy atom. The van der Waals surface area contributed by atoms with Crippen LogP contribution in [0.3, 0.4) is 0 Å². The van der Waals surface area contributed by atoms with Crippen molar-refractivity contribution in [3.05, 3.63) is 41.8 Å². The highest BCUT2D eigenvalue weighted by Gasteiger charge is 2.07. The summed E-state index contributed by atoms with van der Waals surface area (Å²) in [5, 5.41) is 5.04. The van der Waals surface area contributed by atoms with Crippen LogP contribution in [0, 0.1) is 6.92 Å². The molecule has 0 unspecified atom stereocenters. The fourth-order valence-electron chi connectivity index (χ4n) is 1.49. The zero-order valence-corrected chi connectivity index (χ0v) is 10.6. The Balaban J connectivity index is 2.02. The molecule has 0 saturated carbocycles. The minimum absolute atomic E-state index is 0.0626. The van der Waals surface area contributed by atoms with Crippen LogP contribution in [-0.2, 0) is 0 Å². The molecule has 0 aliphatic rings. The molecule has 98 valence electrons. The van der Waals surface area contributed by atoms with Gasteiger partial charge in [0.2, 0.25) is 0 Å². The van der Waals surface area contributed by atoms with Crippen LogP contribution in [0.5, 0.6) is 0 Å². The van der Waals surface area contributed by atoms with Gasteiger partial charge >= 0.3 is 12.0 Å². The smallest absolute Gasteiger partial charge is 0.327 e. The number of ketones is 1. The van der Waals surface area contributed by atoms with Crippen LogP contribution in [0.25, 0.3) is 0 Å². The van der Waals surface area contributed by atoms with Gasteiger partial charge in [-0.3, -0.25) is 10.1 Å². The number of anilines is 2. The number of oxazole rings is 1. The largest absolute Gasteiger partial charge is 0.432 e. The maximum absolute atomic E-state index is 11.7. The molecule has 2 aromatic rings. The summed E-state index contributed by atoms with van der Waals surface area (Å²) in [6, 6.07) is 6.31. The van der Waals surface area contributed by atoms with Crippen LogP contribution in [-0.4, -0.2) is 16.8 Å². The minimum Gasteiger partial charge on any atom is -0.432 e. The molecule has 1 aromatic carbocycles. The van der Waals surface area contributed by atoms with Crippen LogP contribution in [0.1, 0.15) is 23.0 Å². The summed E-state index contributed by atoms with van der Waals surface area (Å²) >= 11 is 0. The number of Topliss-reactive ketones (excluding diaryl/α,β-unsaturated/α-hetero) is 1. The fraction of sp³-hybridized carbons (Fsp3) is 0.154. The van der Waals surface area contributed by atoms with E-state index in [4.69, 9.17) is 4.42 Å². The number of rotatable bonds is 3. The van der Waals surface area contributed by atoms with E-state index in [0.717, 1.165) is 0 Å². The van der Waals surface area contributed by atoms with E-state index in [-0.39, 0.29) is 11.8 Å². The van der Waals surface area contributed by atoms with E-state index in [9.17, 15) is 9.59 Å². The molecular formula is C13H13N3O3.